The summed E-state index contributed by atoms with van der Waals surface area (Å²) in [6.45, 7) is 1.70. The van der Waals surface area contributed by atoms with Crippen LogP contribution in [0.25, 0.3) is 11.3 Å². The van der Waals surface area contributed by atoms with Crippen LogP contribution < -0.4 is 19.5 Å². The molecule has 1 aromatic heterocycles. The van der Waals surface area contributed by atoms with Crippen molar-refractivity contribution in [2.24, 2.45) is 0 Å². The van der Waals surface area contributed by atoms with E-state index in [9.17, 15) is 4.79 Å². The standard InChI is InChI=1S/C20H20N2O5/c1-12-17(18(22-27-12)13-8-6-5-7-9-13)20(23)21-14-10-15(24-2)19(26-4)16(11-14)25-3/h5-11H,1-4H3,(H,21,23). The van der Waals surface area contributed by atoms with Gasteiger partial charge in [-0.2, -0.15) is 0 Å². The van der Waals surface area contributed by atoms with Crippen molar-refractivity contribution in [1.82, 2.24) is 5.16 Å². The van der Waals surface area contributed by atoms with Crippen molar-refractivity contribution in [2.75, 3.05) is 26.6 Å². The number of benzene rings is 2. The summed E-state index contributed by atoms with van der Waals surface area (Å²) in [6.07, 6.45) is 0. The van der Waals surface area contributed by atoms with Crippen LogP contribution in [-0.2, 0) is 0 Å². The van der Waals surface area contributed by atoms with Crippen LogP contribution in [0.2, 0.25) is 0 Å². The van der Waals surface area contributed by atoms with Gasteiger partial charge in [0.25, 0.3) is 5.91 Å². The van der Waals surface area contributed by atoms with Gasteiger partial charge in [0.2, 0.25) is 5.75 Å². The number of ether oxygens (including phenoxy) is 3. The average Bonchev–Trinajstić information content (AvgIpc) is 3.09. The van der Waals surface area contributed by atoms with Gasteiger partial charge in [0.15, 0.2) is 11.5 Å². The van der Waals surface area contributed by atoms with Gasteiger partial charge in [-0.1, -0.05) is 35.5 Å². The Labute approximate surface area is 156 Å². The lowest BCUT2D eigenvalue weighted by Gasteiger charge is -2.14. The second-order valence-electron chi connectivity index (χ2n) is 5.70. The molecule has 3 rings (SSSR count). The highest BCUT2D eigenvalue weighted by Crippen LogP contribution is 2.40. The Hall–Kier alpha value is -3.48. The quantitative estimate of drug-likeness (QED) is 0.710. The number of aryl methyl sites for hydroxylation is 1. The molecule has 0 atom stereocenters. The molecule has 0 saturated heterocycles. The molecule has 7 nitrogen and oxygen atoms in total. The summed E-state index contributed by atoms with van der Waals surface area (Å²) >= 11 is 0. The molecule has 0 unspecified atom stereocenters. The van der Waals surface area contributed by atoms with Crippen molar-refractivity contribution < 1.29 is 23.5 Å². The van der Waals surface area contributed by atoms with Gasteiger partial charge >= 0.3 is 0 Å². The summed E-state index contributed by atoms with van der Waals surface area (Å²) in [5.41, 5.74) is 2.14. The molecule has 0 radical (unpaired) electrons. The summed E-state index contributed by atoms with van der Waals surface area (Å²) in [7, 11) is 4.55. The molecule has 1 N–H and O–H groups in total. The number of hydrogen-bond acceptors (Lipinski definition) is 6. The van der Waals surface area contributed by atoms with Gasteiger partial charge in [0.1, 0.15) is 17.0 Å². The molecular weight excluding hydrogens is 348 g/mol. The maximum atomic E-state index is 12.9. The summed E-state index contributed by atoms with van der Waals surface area (Å²) < 4.78 is 21.2. The number of aromatic nitrogens is 1. The van der Waals surface area contributed by atoms with Crippen LogP contribution in [0.4, 0.5) is 5.69 Å². The third kappa shape index (κ3) is 3.57. The van der Waals surface area contributed by atoms with Gasteiger partial charge in [0, 0.05) is 23.4 Å². The van der Waals surface area contributed by atoms with E-state index in [2.05, 4.69) is 10.5 Å². The Kier molecular flexibility index (Phi) is 5.30. The predicted octanol–water partition coefficient (Wildman–Crippen LogP) is 3.93. The lowest BCUT2D eigenvalue weighted by atomic mass is 10.1. The average molecular weight is 368 g/mol. The number of carbonyl (C=O) groups excluding carboxylic acids is 1. The third-order valence-corrected chi connectivity index (χ3v) is 4.06. The molecule has 1 heterocycles. The van der Waals surface area contributed by atoms with Crippen LogP contribution in [-0.4, -0.2) is 32.4 Å². The molecule has 1 amide bonds. The molecule has 3 aromatic rings. The zero-order valence-corrected chi connectivity index (χ0v) is 15.5. The molecule has 0 spiro atoms. The molecule has 0 saturated carbocycles. The minimum Gasteiger partial charge on any atom is -0.493 e. The zero-order chi connectivity index (χ0) is 19.4. The predicted molar refractivity (Wildman–Crippen MR) is 101 cm³/mol. The first kappa shape index (κ1) is 18.3. The molecule has 0 bridgehead atoms. The third-order valence-electron chi connectivity index (χ3n) is 4.06. The number of carbonyl (C=O) groups is 1. The van der Waals surface area contributed by atoms with Gasteiger partial charge < -0.3 is 24.1 Å². The van der Waals surface area contributed by atoms with E-state index in [-0.39, 0.29) is 5.91 Å². The van der Waals surface area contributed by atoms with Crippen LogP contribution in [0, 0.1) is 6.92 Å². The fraction of sp³-hybridized carbons (Fsp3) is 0.200. The normalized spacial score (nSPS) is 10.4. The number of amides is 1. The minimum absolute atomic E-state index is 0.345. The second kappa shape index (κ2) is 7.82. The maximum Gasteiger partial charge on any atom is 0.261 e. The van der Waals surface area contributed by atoms with Crippen LogP contribution in [0.15, 0.2) is 47.0 Å². The molecule has 0 fully saturated rings. The largest absolute Gasteiger partial charge is 0.493 e. The van der Waals surface area contributed by atoms with Crippen LogP contribution in [0.1, 0.15) is 16.1 Å². The van der Waals surface area contributed by atoms with E-state index in [0.717, 1.165) is 5.56 Å². The van der Waals surface area contributed by atoms with E-state index in [1.54, 1.807) is 19.1 Å². The highest BCUT2D eigenvalue weighted by atomic mass is 16.5. The first-order valence-electron chi connectivity index (χ1n) is 8.22. The molecule has 7 heteroatoms. The number of methoxy groups -OCH3 is 3. The van der Waals surface area contributed by atoms with Crippen molar-refractivity contribution in [2.45, 2.75) is 6.92 Å². The number of nitrogens with one attached hydrogen (secondary N) is 1. The molecule has 0 aliphatic carbocycles. The summed E-state index contributed by atoms with van der Waals surface area (Å²) in [6, 6.07) is 12.7. The Morgan fingerprint density at radius 3 is 2.19 bits per heavy atom. The summed E-state index contributed by atoms with van der Waals surface area (Å²) in [5, 5.41) is 6.88. The molecule has 27 heavy (non-hydrogen) atoms. The highest BCUT2D eigenvalue weighted by Gasteiger charge is 2.23. The first-order valence-corrected chi connectivity index (χ1v) is 8.22. The van der Waals surface area contributed by atoms with Crippen LogP contribution in [0.3, 0.4) is 0 Å². The molecule has 140 valence electrons. The van der Waals surface area contributed by atoms with Crippen molar-refractivity contribution >= 4 is 11.6 Å². The summed E-state index contributed by atoms with van der Waals surface area (Å²) in [5.74, 6) is 1.42. The van der Waals surface area contributed by atoms with E-state index in [1.165, 1.54) is 21.3 Å². The lowest BCUT2D eigenvalue weighted by molar-refractivity contribution is 0.102. The molecular formula is C20H20N2O5. The monoisotopic (exact) mass is 368 g/mol. The van der Waals surface area contributed by atoms with E-state index in [1.807, 2.05) is 30.3 Å². The highest BCUT2D eigenvalue weighted by molar-refractivity contribution is 6.09. The second-order valence-corrected chi connectivity index (χ2v) is 5.70. The Balaban J connectivity index is 1.96. The fourth-order valence-electron chi connectivity index (χ4n) is 2.78. The smallest absolute Gasteiger partial charge is 0.261 e. The molecule has 2 aromatic carbocycles. The molecule has 0 aliphatic rings. The van der Waals surface area contributed by atoms with E-state index in [0.29, 0.717) is 40.0 Å². The Morgan fingerprint density at radius 1 is 1.00 bits per heavy atom. The van der Waals surface area contributed by atoms with Crippen LogP contribution >= 0.6 is 0 Å². The first-order chi connectivity index (χ1) is 13.1. The number of rotatable bonds is 6. The van der Waals surface area contributed by atoms with E-state index in [4.69, 9.17) is 18.7 Å². The van der Waals surface area contributed by atoms with Gasteiger partial charge in [-0.3, -0.25) is 4.79 Å². The number of anilines is 1. The fourth-order valence-corrected chi connectivity index (χ4v) is 2.78. The molecule has 0 aliphatic heterocycles. The van der Waals surface area contributed by atoms with Gasteiger partial charge in [-0.25, -0.2) is 0 Å². The Morgan fingerprint density at radius 2 is 1.63 bits per heavy atom. The van der Waals surface area contributed by atoms with Crippen molar-refractivity contribution in [1.29, 1.82) is 0 Å². The summed E-state index contributed by atoms with van der Waals surface area (Å²) in [4.78, 5) is 12.9. The minimum atomic E-state index is -0.345. The van der Waals surface area contributed by atoms with E-state index >= 15 is 0 Å². The van der Waals surface area contributed by atoms with E-state index < -0.39 is 0 Å². The number of nitrogens with zero attached hydrogens (tertiary/aromatic N) is 1. The topological polar surface area (TPSA) is 82.8 Å². The van der Waals surface area contributed by atoms with Gasteiger partial charge in [-0.05, 0) is 6.92 Å². The Bertz CT molecular complexity index is 925. The van der Waals surface area contributed by atoms with Gasteiger partial charge in [0.05, 0.1) is 21.3 Å². The van der Waals surface area contributed by atoms with Crippen molar-refractivity contribution in [3.8, 4) is 28.5 Å². The SMILES string of the molecule is COc1cc(NC(=O)c2c(-c3ccccc3)noc2C)cc(OC)c1OC. The van der Waals surface area contributed by atoms with Crippen LogP contribution in [0.5, 0.6) is 17.2 Å². The van der Waals surface area contributed by atoms with Crippen molar-refractivity contribution in [3.05, 3.63) is 53.8 Å². The zero-order valence-electron chi connectivity index (χ0n) is 15.5. The maximum absolute atomic E-state index is 12.9. The lowest BCUT2D eigenvalue weighted by Crippen LogP contribution is -2.14. The van der Waals surface area contributed by atoms with Gasteiger partial charge in [-0.15, -0.1) is 0 Å². The number of hydrogen-bond donors (Lipinski definition) is 1. The van der Waals surface area contributed by atoms with Crippen molar-refractivity contribution in [3.63, 3.8) is 0 Å².